The molecule has 124 valence electrons. The van der Waals surface area contributed by atoms with Gasteiger partial charge in [-0.1, -0.05) is 56.3 Å². The number of hydrogen-bond acceptors (Lipinski definition) is 2. The fourth-order valence-electron chi connectivity index (χ4n) is 2.45. The number of nitrogens with one attached hydrogen (secondary N) is 2. The zero-order chi connectivity index (χ0) is 17.4. The highest BCUT2D eigenvalue weighted by molar-refractivity contribution is 5.79. The van der Waals surface area contributed by atoms with E-state index in [1.807, 2.05) is 24.3 Å². The van der Waals surface area contributed by atoms with E-state index in [4.69, 9.17) is 5.26 Å². The Hall–Kier alpha value is -2.80. The minimum absolute atomic E-state index is 0.000392. The summed E-state index contributed by atoms with van der Waals surface area (Å²) in [7, 11) is 1.76. The van der Waals surface area contributed by atoms with E-state index in [0.717, 1.165) is 18.1 Å². The van der Waals surface area contributed by atoms with Gasteiger partial charge in [0.1, 0.15) is 0 Å². The molecule has 2 rings (SSSR count). The van der Waals surface area contributed by atoms with Crippen molar-refractivity contribution in [2.75, 3.05) is 13.6 Å². The van der Waals surface area contributed by atoms with Crippen molar-refractivity contribution in [2.45, 2.75) is 25.8 Å². The van der Waals surface area contributed by atoms with Crippen molar-refractivity contribution in [3.05, 3.63) is 71.3 Å². The first kappa shape index (κ1) is 17.6. The monoisotopic (exact) mass is 320 g/mol. The van der Waals surface area contributed by atoms with E-state index >= 15 is 0 Å². The number of benzene rings is 2. The van der Waals surface area contributed by atoms with Gasteiger partial charge in [0.25, 0.3) is 0 Å². The maximum atomic E-state index is 8.96. The van der Waals surface area contributed by atoms with E-state index in [1.54, 1.807) is 13.1 Å². The van der Waals surface area contributed by atoms with Gasteiger partial charge in [-0.05, 0) is 23.3 Å². The Bertz CT molecular complexity index is 727. The molecule has 0 aromatic heterocycles. The number of aliphatic imine (C=N–C) groups is 1. The van der Waals surface area contributed by atoms with E-state index < -0.39 is 0 Å². The fraction of sp³-hybridized carbons (Fsp3) is 0.300. The first-order valence-corrected chi connectivity index (χ1v) is 8.04. The first-order valence-electron chi connectivity index (χ1n) is 8.04. The van der Waals surface area contributed by atoms with Crippen molar-refractivity contribution in [1.82, 2.24) is 10.6 Å². The lowest BCUT2D eigenvalue weighted by atomic mass is 9.85. The van der Waals surface area contributed by atoms with Crippen LogP contribution in [0.2, 0.25) is 0 Å². The summed E-state index contributed by atoms with van der Waals surface area (Å²) in [5.41, 5.74) is 3.01. The Labute approximate surface area is 144 Å². The molecule has 0 aliphatic rings. The molecule has 0 saturated carbocycles. The zero-order valence-corrected chi connectivity index (χ0v) is 14.5. The quantitative estimate of drug-likeness (QED) is 0.657. The van der Waals surface area contributed by atoms with Crippen LogP contribution >= 0.6 is 0 Å². The molecule has 2 N–H and O–H groups in total. The smallest absolute Gasteiger partial charge is 0.191 e. The maximum absolute atomic E-state index is 8.96. The third-order valence-electron chi connectivity index (χ3n) is 3.99. The molecule has 0 fully saturated rings. The number of nitrogens with zero attached hydrogens (tertiary/aromatic N) is 2. The average molecular weight is 320 g/mol. The predicted molar refractivity (Wildman–Crippen MR) is 98.8 cm³/mol. The van der Waals surface area contributed by atoms with Crippen LogP contribution in [0, 0.1) is 11.3 Å². The highest BCUT2D eigenvalue weighted by Gasteiger charge is 2.20. The molecule has 0 aliphatic heterocycles. The van der Waals surface area contributed by atoms with Gasteiger partial charge in [-0.3, -0.25) is 4.99 Å². The lowest BCUT2D eigenvalue weighted by molar-refractivity contribution is 0.508. The van der Waals surface area contributed by atoms with Crippen LogP contribution in [0.5, 0.6) is 0 Å². The molecule has 0 saturated heterocycles. The van der Waals surface area contributed by atoms with Gasteiger partial charge in [0.05, 0.1) is 11.6 Å². The summed E-state index contributed by atoms with van der Waals surface area (Å²) in [5.74, 6) is 0.751. The molecular weight excluding hydrogens is 296 g/mol. The van der Waals surface area contributed by atoms with Crippen LogP contribution < -0.4 is 10.6 Å². The fourth-order valence-corrected chi connectivity index (χ4v) is 2.45. The van der Waals surface area contributed by atoms with Crippen LogP contribution in [-0.2, 0) is 12.0 Å². The summed E-state index contributed by atoms with van der Waals surface area (Å²) in [6.07, 6.45) is 0. The zero-order valence-electron chi connectivity index (χ0n) is 14.5. The van der Waals surface area contributed by atoms with E-state index in [0.29, 0.717) is 12.1 Å². The molecule has 4 nitrogen and oxygen atoms in total. The number of guanidine groups is 1. The van der Waals surface area contributed by atoms with E-state index in [1.165, 1.54) is 5.56 Å². The van der Waals surface area contributed by atoms with Gasteiger partial charge in [0, 0.05) is 25.6 Å². The Morgan fingerprint density at radius 3 is 2.50 bits per heavy atom. The number of nitriles is 1. The van der Waals surface area contributed by atoms with Gasteiger partial charge in [0.2, 0.25) is 0 Å². The molecule has 2 aromatic rings. The maximum Gasteiger partial charge on any atom is 0.191 e. The molecule has 0 radical (unpaired) electrons. The second-order valence-electron chi connectivity index (χ2n) is 6.34. The molecule has 0 amide bonds. The molecule has 4 heteroatoms. The van der Waals surface area contributed by atoms with Gasteiger partial charge in [0.15, 0.2) is 5.96 Å². The van der Waals surface area contributed by atoms with Gasteiger partial charge in [-0.15, -0.1) is 0 Å². The van der Waals surface area contributed by atoms with Crippen LogP contribution in [-0.4, -0.2) is 19.6 Å². The minimum atomic E-state index is -0.000392. The van der Waals surface area contributed by atoms with E-state index in [-0.39, 0.29) is 5.41 Å². The molecule has 0 unspecified atom stereocenters. The van der Waals surface area contributed by atoms with Gasteiger partial charge in [-0.2, -0.15) is 5.26 Å². The van der Waals surface area contributed by atoms with Crippen LogP contribution in [0.25, 0.3) is 0 Å². The van der Waals surface area contributed by atoms with Crippen molar-refractivity contribution < 1.29 is 0 Å². The highest BCUT2D eigenvalue weighted by atomic mass is 15.2. The molecule has 24 heavy (non-hydrogen) atoms. The third-order valence-corrected chi connectivity index (χ3v) is 3.99. The Kier molecular flexibility index (Phi) is 5.97. The van der Waals surface area contributed by atoms with E-state index in [2.05, 4.69) is 59.8 Å². The SMILES string of the molecule is CN=C(NCc1cccc(C#N)c1)NCC(C)(C)c1ccccc1. The van der Waals surface area contributed by atoms with E-state index in [9.17, 15) is 0 Å². The van der Waals surface area contributed by atoms with Gasteiger partial charge >= 0.3 is 0 Å². The Balaban J connectivity index is 1.92. The molecule has 0 spiro atoms. The van der Waals surface area contributed by atoms with Crippen LogP contribution in [0.15, 0.2) is 59.6 Å². The molecule has 0 aliphatic carbocycles. The summed E-state index contributed by atoms with van der Waals surface area (Å²) in [6.45, 7) is 5.81. The second kappa shape index (κ2) is 8.16. The average Bonchev–Trinajstić information content (AvgIpc) is 2.62. The minimum Gasteiger partial charge on any atom is -0.356 e. The lowest BCUT2D eigenvalue weighted by Gasteiger charge is -2.26. The van der Waals surface area contributed by atoms with Gasteiger partial charge < -0.3 is 10.6 Å². The lowest BCUT2D eigenvalue weighted by Crippen LogP contribution is -2.43. The summed E-state index contributed by atoms with van der Waals surface area (Å²) in [6, 6.07) is 20.2. The predicted octanol–water partition coefficient (Wildman–Crippen LogP) is 3.20. The normalized spacial score (nSPS) is 11.7. The van der Waals surface area contributed by atoms with Crippen molar-refractivity contribution in [1.29, 1.82) is 5.26 Å². The van der Waals surface area contributed by atoms with Crippen LogP contribution in [0.1, 0.15) is 30.5 Å². The molecular formula is C20H24N4. The topological polar surface area (TPSA) is 60.2 Å². The Morgan fingerprint density at radius 1 is 1.08 bits per heavy atom. The van der Waals surface area contributed by atoms with Crippen molar-refractivity contribution >= 4 is 5.96 Å². The second-order valence-corrected chi connectivity index (χ2v) is 6.34. The largest absolute Gasteiger partial charge is 0.356 e. The van der Waals surface area contributed by atoms with Crippen LogP contribution in [0.3, 0.4) is 0 Å². The van der Waals surface area contributed by atoms with Crippen LogP contribution in [0.4, 0.5) is 0 Å². The van der Waals surface area contributed by atoms with Crippen molar-refractivity contribution in [2.24, 2.45) is 4.99 Å². The first-order chi connectivity index (χ1) is 11.5. The summed E-state index contributed by atoms with van der Waals surface area (Å²) < 4.78 is 0. The van der Waals surface area contributed by atoms with Crippen molar-refractivity contribution in [3.63, 3.8) is 0 Å². The third kappa shape index (κ3) is 4.85. The molecule has 0 bridgehead atoms. The molecule has 0 heterocycles. The summed E-state index contributed by atoms with van der Waals surface area (Å²) >= 11 is 0. The number of rotatable bonds is 5. The van der Waals surface area contributed by atoms with Gasteiger partial charge in [-0.25, -0.2) is 0 Å². The number of hydrogen-bond donors (Lipinski definition) is 2. The van der Waals surface area contributed by atoms with Crippen molar-refractivity contribution in [3.8, 4) is 6.07 Å². The Morgan fingerprint density at radius 2 is 1.83 bits per heavy atom. The standard InChI is InChI=1S/C20H24N4/c1-20(2,18-10-5-4-6-11-18)15-24-19(22-3)23-14-17-9-7-8-16(12-17)13-21/h4-12H,14-15H2,1-3H3,(H2,22,23,24). The molecule has 2 aromatic carbocycles. The molecule has 0 atom stereocenters. The highest BCUT2D eigenvalue weighted by Crippen LogP contribution is 2.21. The summed E-state index contributed by atoms with van der Waals surface area (Å²) in [5, 5.41) is 15.6. The summed E-state index contributed by atoms with van der Waals surface area (Å²) in [4.78, 5) is 4.27.